The third kappa shape index (κ3) is 3.87. The Morgan fingerprint density at radius 1 is 1.31 bits per heavy atom. The fourth-order valence-corrected chi connectivity index (χ4v) is 3.58. The van der Waals surface area contributed by atoms with Gasteiger partial charge in [-0.15, -0.1) is 0 Å². The van der Waals surface area contributed by atoms with Gasteiger partial charge in [-0.25, -0.2) is 9.59 Å². The van der Waals surface area contributed by atoms with Crippen LogP contribution in [0.25, 0.3) is 11.0 Å². The molecular formula is C19H23BrN2O4. The Hall–Kier alpha value is -2.02. The van der Waals surface area contributed by atoms with Crippen LogP contribution in [-0.4, -0.2) is 42.8 Å². The molecule has 26 heavy (non-hydrogen) atoms. The summed E-state index contributed by atoms with van der Waals surface area (Å²) in [5, 5.41) is 0.875. The van der Waals surface area contributed by atoms with Crippen LogP contribution in [0.15, 0.2) is 37.9 Å². The fraction of sp³-hybridized carbons (Fsp3) is 0.474. The summed E-state index contributed by atoms with van der Waals surface area (Å²) in [5.74, 6) is 0. The number of hydrogen-bond donors (Lipinski definition) is 0. The summed E-state index contributed by atoms with van der Waals surface area (Å²) in [5.41, 5.74) is 0.647. The summed E-state index contributed by atoms with van der Waals surface area (Å²) in [6.45, 7) is 7.10. The number of fused-ring (bicyclic) bond motifs is 1. The molecule has 1 aliphatic heterocycles. The van der Waals surface area contributed by atoms with Crippen LogP contribution >= 0.6 is 15.9 Å². The molecule has 7 heteroatoms. The molecule has 0 aliphatic carbocycles. The number of rotatable bonds is 2. The van der Waals surface area contributed by atoms with Crippen LogP contribution in [0, 0.1) is 0 Å². The highest BCUT2D eigenvalue weighted by Crippen LogP contribution is 2.33. The molecular weight excluding hydrogens is 400 g/mol. The van der Waals surface area contributed by atoms with Gasteiger partial charge >= 0.3 is 11.7 Å². The van der Waals surface area contributed by atoms with E-state index in [1.54, 1.807) is 18.0 Å². The van der Waals surface area contributed by atoms with Crippen molar-refractivity contribution in [3.05, 3.63) is 39.2 Å². The van der Waals surface area contributed by atoms with Crippen molar-refractivity contribution in [3.8, 4) is 0 Å². The van der Waals surface area contributed by atoms with Crippen molar-refractivity contribution in [1.29, 1.82) is 0 Å². The number of anilines is 1. The number of carbonyl (C=O) groups excluding carboxylic acids is 1. The summed E-state index contributed by atoms with van der Waals surface area (Å²) in [4.78, 5) is 27.7. The average molecular weight is 423 g/mol. The van der Waals surface area contributed by atoms with Crippen LogP contribution in [0.1, 0.15) is 27.2 Å². The zero-order valence-electron chi connectivity index (χ0n) is 15.4. The van der Waals surface area contributed by atoms with E-state index in [0.29, 0.717) is 12.1 Å². The van der Waals surface area contributed by atoms with Gasteiger partial charge in [-0.05, 0) is 61.3 Å². The van der Waals surface area contributed by atoms with E-state index < -0.39 is 5.60 Å². The first-order valence-corrected chi connectivity index (χ1v) is 9.38. The van der Waals surface area contributed by atoms with E-state index in [2.05, 4.69) is 20.8 Å². The van der Waals surface area contributed by atoms with Gasteiger partial charge < -0.3 is 19.0 Å². The highest BCUT2D eigenvalue weighted by Gasteiger charge is 2.31. The van der Waals surface area contributed by atoms with Gasteiger partial charge in [0, 0.05) is 37.3 Å². The van der Waals surface area contributed by atoms with E-state index in [9.17, 15) is 9.59 Å². The minimum absolute atomic E-state index is 0.0688. The molecule has 1 saturated heterocycles. The summed E-state index contributed by atoms with van der Waals surface area (Å²) in [6, 6.07) is 7.16. The van der Waals surface area contributed by atoms with E-state index >= 15 is 0 Å². The van der Waals surface area contributed by atoms with Crippen LogP contribution in [0.3, 0.4) is 0 Å². The maximum Gasteiger partial charge on any atom is 0.410 e. The summed E-state index contributed by atoms with van der Waals surface area (Å²) >= 11 is 3.44. The monoisotopic (exact) mass is 422 g/mol. The summed E-state index contributed by atoms with van der Waals surface area (Å²) in [6.07, 6.45) is 0.542. The molecule has 1 amide bonds. The van der Waals surface area contributed by atoms with Crippen LogP contribution < -0.4 is 10.5 Å². The predicted molar refractivity (Wildman–Crippen MR) is 105 cm³/mol. The zero-order valence-corrected chi connectivity index (χ0v) is 17.0. The third-order valence-electron chi connectivity index (χ3n) is 4.45. The van der Waals surface area contributed by atoms with E-state index in [-0.39, 0.29) is 17.8 Å². The Morgan fingerprint density at radius 2 is 2.04 bits per heavy atom. The number of benzene rings is 1. The molecule has 3 rings (SSSR count). The van der Waals surface area contributed by atoms with Crippen molar-refractivity contribution >= 4 is 38.7 Å². The van der Waals surface area contributed by atoms with Gasteiger partial charge in [0.05, 0.1) is 10.5 Å². The second-order valence-corrected chi connectivity index (χ2v) is 8.40. The molecule has 0 N–H and O–H groups in total. The molecule has 0 bridgehead atoms. The van der Waals surface area contributed by atoms with Crippen molar-refractivity contribution < 1.29 is 13.9 Å². The molecule has 1 fully saturated rings. The Morgan fingerprint density at radius 3 is 2.73 bits per heavy atom. The van der Waals surface area contributed by atoms with Crippen LogP contribution in [0.5, 0.6) is 0 Å². The van der Waals surface area contributed by atoms with Gasteiger partial charge in [-0.3, -0.25) is 0 Å². The highest BCUT2D eigenvalue weighted by molar-refractivity contribution is 9.10. The zero-order chi connectivity index (χ0) is 19.1. The van der Waals surface area contributed by atoms with Crippen molar-refractivity contribution in [3.63, 3.8) is 0 Å². The van der Waals surface area contributed by atoms with Crippen LogP contribution in [0.4, 0.5) is 10.5 Å². The van der Waals surface area contributed by atoms with Gasteiger partial charge in [0.25, 0.3) is 0 Å². The first kappa shape index (κ1) is 18.8. The lowest BCUT2D eigenvalue weighted by Crippen LogP contribution is -2.42. The Labute approximate surface area is 160 Å². The molecule has 1 atom stereocenters. The van der Waals surface area contributed by atoms with Gasteiger partial charge in [-0.1, -0.05) is 0 Å². The molecule has 0 spiro atoms. The van der Waals surface area contributed by atoms with Crippen LogP contribution in [0.2, 0.25) is 0 Å². The minimum atomic E-state index is -0.511. The van der Waals surface area contributed by atoms with E-state index in [4.69, 9.17) is 9.15 Å². The van der Waals surface area contributed by atoms with Gasteiger partial charge in [0.1, 0.15) is 5.60 Å². The fourth-order valence-electron chi connectivity index (χ4n) is 3.15. The standard InChI is InChI=1S/C19H23BrN2O4/c1-19(2,3)26-18(24)21(4)12-9-10-22(11-12)15-7-6-14(20)17-13(15)5-8-16(23)25-17/h5-8,12H,9-11H2,1-4H3. The number of ether oxygens (including phenoxy) is 1. The van der Waals surface area contributed by atoms with Crippen molar-refractivity contribution in [2.75, 3.05) is 25.0 Å². The van der Waals surface area contributed by atoms with E-state index in [0.717, 1.165) is 28.5 Å². The molecule has 1 aromatic carbocycles. The summed E-state index contributed by atoms with van der Waals surface area (Å²) < 4.78 is 11.6. The molecule has 1 aromatic heterocycles. The second kappa shape index (κ2) is 6.95. The van der Waals surface area contributed by atoms with Crippen molar-refractivity contribution in [2.24, 2.45) is 0 Å². The van der Waals surface area contributed by atoms with E-state index in [1.807, 2.05) is 32.9 Å². The quantitative estimate of drug-likeness (QED) is 0.684. The number of hydrogen-bond acceptors (Lipinski definition) is 5. The number of carbonyl (C=O) groups is 1. The average Bonchev–Trinajstić information content (AvgIpc) is 3.03. The lowest BCUT2D eigenvalue weighted by atomic mass is 10.2. The lowest BCUT2D eigenvalue weighted by molar-refractivity contribution is 0.0238. The molecule has 1 unspecified atom stereocenters. The first-order valence-electron chi connectivity index (χ1n) is 8.59. The topological polar surface area (TPSA) is 63.0 Å². The normalized spacial score (nSPS) is 17.6. The molecule has 140 valence electrons. The third-order valence-corrected chi connectivity index (χ3v) is 5.07. The molecule has 2 aromatic rings. The predicted octanol–water partition coefficient (Wildman–Crippen LogP) is 4.00. The Balaban J connectivity index is 1.81. The SMILES string of the molecule is CN(C(=O)OC(C)(C)C)C1CCN(c2ccc(Br)c3oc(=O)ccc23)C1. The Kier molecular flexibility index (Phi) is 5.01. The molecule has 1 aliphatic rings. The van der Waals surface area contributed by atoms with Gasteiger partial charge in [0.15, 0.2) is 5.58 Å². The van der Waals surface area contributed by atoms with Crippen molar-refractivity contribution in [2.45, 2.75) is 38.8 Å². The van der Waals surface area contributed by atoms with Gasteiger partial charge in [-0.2, -0.15) is 0 Å². The Bertz CT molecular complexity index is 887. The van der Waals surface area contributed by atoms with Crippen LogP contribution in [-0.2, 0) is 4.74 Å². The van der Waals surface area contributed by atoms with E-state index in [1.165, 1.54) is 6.07 Å². The summed E-state index contributed by atoms with van der Waals surface area (Å²) in [7, 11) is 1.78. The molecule has 0 radical (unpaired) electrons. The smallest absolute Gasteiger partial charge is 0.410 e. The number of amides is 1. The molecule has 0 saturated carbocycles. The van der Waals surface area contributed by atoms with Gasteiger partial charge in [0.2, 0.25) is 0 Å². The first-order chi connectivity index (χ1) is 12.2. The number of halogens is 1. The molecule has 6 nitrogen and oxygen atoms in total. The van der Waals surface area contributed by atoms with Crippen molar-refractivity contribution in [1.82, 2.24) is 4.90 Å². The number of likely N-dealkylation sites (N-methyl/N-ethyl adjacent to an activating group) is 1. The highest BCUT2D eigenvalue weighted by atomic mass is 79.9. The maximum absolute atomic E-state index is 12.3. The maximum atomic E-state index is 12.3. The second-order valence-electron chi connectivity index (χ2n) is 7.54. The molecule has 2 heterocycles. The lowest BCUT2D eigenvalue weighted by Gasteiger charge is -2.29. The largest absolute Gasteiger partial charge is 0.444 e. The minimum Gasteiger partial charge on any atom is -0.444 e. The number of nitrogens with zero attached hydrogens (tertiary/aromatic N) is 2.